The third kappa shape index (κ3) is 8.42. The van der Waals surface area contributed by atoms with E-state index >= 15 is 0 Å². The molecule has 0 unspecified atom stereocenters. The summed E-state index contributed by atoms with van der Waals surface area (Å²) in [5.74, 6) is 0. The predicted octanol–water partition coefficient (Wildman–Crippen LogP) is 6.47. The van der Waals surface area contributed by atoms with E-state index in [1.807, 2.05) is 48.5 Å². The van der Waals surface area contributed by atoms with Crippen molar-refractivity contribution in [2.75, 3.05) is 0 Å². The number of nitrogens with zero attached hydrogens (tertiary/aromatic N) is 1. The molecular weight excluding hydrogens is 712 g/mol. The summed E-state index contributed by atoms with van der Waals surface area (Å²) in [5, 5.41) is 27.6. The van der Waals surface area contributed by atoms with Crippen LogP contribution in [0.3, 0.4) is 0 Å². The van der Waals surface area contributed by atoms with Gasteiger partial charge in [-0.25, -0.2) is 4.83 Å². The quantitative estimate of drug-likeness (QED) is 0.212. The average molecular weight is 772 g/mol. The van der Waals surface area contributed by atoms with Gasteiger partial charge in [0.2, 0.25) is 0 Å². The molecule has 12 heteroatoms. The molecule has 5 rings (SSSR count). The van der Waals surface area contributed by atoms with Crippen LogP contribution in [0.15, 0.2) is 34.3 Å². The largest absolute Gasteiger partial charge is 0.387 e. The summed E-state index contributed by atoms with van der Waals surface area (Å²) in [6.07, 6.45) is 4.86. The summed E-state index contributed by atoms with van der Waals surface area (Å²) in [5.41, 5.74) is -3.09. The summed E-state index contributed by atoms with van der Waals surface area (Å²) >= 11 is 3.74. The fourth-order valence-electron chi connectivity index (χ4n) is 8.05. The Bertz CT molecular complexity index is 1480. The van der Waals surface area contributed by atoms with Gasteiger partial charge in [0, 0.05) is 4.83 Å². The number of fused-ring (bicyclic) bond motifs is 2. The number of nitrogens with one attached hydrogen (secondary N) is 1. The van der Waals surface area contributed by atoms with Crippen molar-refractivity contribution in [1.29, 1.82) is 0 Å². The molecule has 4 heterocycles. The van der Waals surface area contributed by atoms with Crippen molar-refractivity contribution in [2.45, 2.75) is 194 Å². The van der Waals surface area contributed by atoms with Crippen LogP contribution < -0.4 is 4.83 Å². The second-order valence-corrected chi connectivity index (χ2v) is 19.8. The lowest BCUT2D eigenvalue weighted by atomic mass is 9.79. The highest BCUT2D eigenvalue weighted by Gasteiger charge is 2.55. The second-order valence-electron chi connectivity index (χ2n) is 17.0. The molecule has 10 nitrogen and oxygen atoms in total. The summed E-state index contributed by atoms with van der Waals surface area (Å²) in [6, 6.07) is 6.67. The number of hydrogen-bond donors (Lipinski definition) is 3. The number of ether oxygens (including phenoxy) is 4. The normalized spacial score (nSPS) is 40.2. The number of sulfonamides is 1. The van der Waals surface area contributed by atoms with E-state index in [-0.39, 0.29) is 21.9 Å². The molecule has 0 amide bonds. The summed E-state index contributed by atoms with van der Waals surface area (Å²) in [7, 11) is -3.83. The number of benzene rings is 1. The Morgan fingerprint density at radius 1 is 0.898 bits per heavy atom. The first-order valence-corrected chi connectivity index (χ1v) is 20.3. The van der Waals surface area contributed by atoms with Crippen molar-refractivity contribution in [3.8, 4) is 0 Å². The zero-order valence-electron chi connectivity index (χ0n) is 30.8. The van der Waals surface area contributed by atoms with Crippen LogP contribution in [0.1, 0.15) is 125 Å². The van der Waals surface area contributed by atoms with Crippen molar-refractivity contribution in [1.82, 2.24) is 4.83 Å². The van der Waals surface area contributed by atoms with E-state index in [4.69, 9.17) is 18.9 Å². The van der Waals surface area contributed by atoms with Crippen LogP contribution in [0.4, 0.5) is 0 Å². The summed E-state index contributed by atoms with van der Waals surface area (Å²) in [6.45, 7) is 17.7. The minimum atomic E-state index is -3.83. The number of aryl methyl sites for hydroxylation is 1. The van der Waals surface area contributed by atoms with Gasteiger partial charge >= 0.3 is 0 Å². The Morgan fingerprint density at radius 2 is 1.53 bits per heavy atom. The van der Waals surface area contributed by atoms with Gasteiger partial charge in [-0.05, 0) is 139 Å². The molecule has 49 heavy (non-hydrogen) atoms. The highest BCUT2D eigenvalue weighted by molar-refractivity contribution is 9.09. The van der Waals surface area contributed by atoms with Crippen LogP contribution in [0, 0.1) is 6.92 Å². The van der Waals surface area contributed by atoms with Crippen molar-refractivity contribution in [3.05, 3.63) is 29.8 Å². The number of hydrogen-bond acceptors (Lipinski definition) is 9. The van der Waals surface area contributed by atoms with E-state index in [0.717, 1.165) is 18.4 Å². The molecule has 0 aliphatic carbocycles. The van der Waals surface area contributed by atoms with Gasteiger partial charge in [-0.15, -0.1) is 0 Å². The Hall–Kier alpha value is -1.12. The van der Waals surface area contributed by atoms with E-state index in [1.165, 1.54) is 0 Å². The van der Waals surface area contributed by atoms with Crippen molar-refractivity contribution < 1.29 is 37.6 Å². The third-order valence-corrected chi connectivity index (χ3v) is 14.6. The Kier molecular flexibility index (Phi) is 10.9. The van der Waals surface area contributed by atoms with Gasteiger partial charge in [0.15, 0.2) is 0 Å². The zero-order chi connectivity index (χ0) is 36.3. The summed E-state index contributed by atoms with van der Waals surface area (Å²) in [4.78, 5) is 2.73. The highest BCUT2D eigenvalue weighted by Crippen LogP contribution is 2.48. The Balaban J connectivity index is 1.26. The Labute approximate surface area is 302 Å². The van der Waals surface area contributed by atoms with Crippen LogP contribution in [0.25, 0.3) is 0 Å². The van der Waals surface area contributed by atoms with Gasteiger partial charge in [-0.3, -0.25) is 0 Å². The van der Waals surface area contributed by atoms with E-state index in [1.54, 1.807) is 24.3 Å². The topological polar surface area (TPSA) is 136 Å². The second kappa shape index (κ2) is 13.7. The fraction of sp³-hybridized carbons (Fsp3) is 0.811. The van der Waals surface area contributed by atoms with Crippen molar-refractivity contribution in [2.24, 2.45) is 5.10 Å². The molecule has 0 bridgehead atoms. The molecule has 0 radical (unpaired) electrons. The molecule has 1 aromatic rings. The van der Waals surface area contributed by atoms with Crippen molar-refractivity contribution >= 4 is 31.7 Å². The standard InChI is InChI=1S/C37H59BrN2O8S/c1-24-10-12-25(13-11-24)49(43,44)40-39-27-17-22-36(8)31(46-33(27,4)5)19-23-37(9)30(48-36)15-14-28(47-37)35(7,42)21-18-29-34(6,41)20-16-26(38)32(2,3)45-29/h10-13,26,28-31,40-42H,14-23H2,1-9H3/b39-27+/t26-,28+,29+,30-,31-,34+,35-,36+,37+/m1/s1. The zero-order valence-corrected chi connectivity index (χ0v) is 33.2. The molecular formula is C37H59BrN2O8S. The van der Waals surface area contributed by atoms with E-state index in [0.29, 0.717) is 57.1 Å². The van der Waals surface area contributed by atoms with Gasteiger partial charge < -0.3 is 29.2 Å². The lowest BCUT2D eigenvalue weighted by Crippen LogP contribution is -2.57. The predicted molar refractivity (Wildman–Crippen MR) is 194 cm³/mol. The van der Waals surface area contributed by atoms with E-state index in [9.17, 15) is 18.6 Å². The van der Waals surface area contributed by atoms with E-state index < -0.39 is 55.8 Å². The first-order chi connectivity index (χ1) is 22.5. The van der Waals surface area contributed by atoms with Gasteiger partial charge in [-0.1, -0.05) is 33.6 Å². The smallest absolute Gasteiger partial charge is 0.276 e. The Morgan fingerprint density at radius 3 is 2.20 bits per heavy atom. The van der Waals surface area contributed by atoms with Crippen LogP contribution in [-0.2, 0) is 29.0 Å². The minimum absolute atomic E-state index is 0.131. The molecule has 4 aliphatic heterocycles. The maximum absolute atomic E-state index is 13.0. The molecule has 9 atom stereocenters. The first-order valence-electron chi connectivity index (χ1n) is 17.9. The monoisotopic (exact) mass is 770 g/mol. The number of aliphatic hydroxyl groups is 2. The molecule has 278 valence electrons. The maximum Gasteiger partial charge on any atom is 0.276 e. The molecule has 3 N–H and O–H groups in total. The highest BCUT2D eigenvalue weighted by atomic mass is 79.9. The van der Waals surface area contributed by atoms with Gasteiger partial charge in [0.1, 0.15) is 5.60 Å². The number of hydrazone groups is 1. The first kappa shape index (κ1) is 39.1. The molecule has 0 spiro atoms. The molecule has 0 aromatic heterocycles. The fourth-order valence-corrected chi connectivity index (χ4v) is 9.22. The van der Waals surface area contributed by atoms with Gasteiger partial charge in [0.25, 0.3) is 10.0 Å². The minimum Gasteiger partial charge on any atom is -0.387 e. The summed E-state index contributed by atoms with van der Waals surface area (Å²) < 4.78 is 53.0. The third-order valence-electron chi connectivity index (χ3n) is 11.8. The molecule has 0 saturated carbocycles. The maximum atomic E-state index is 13.0. The SMILES string of the molecule is Cc1ccc(S(=O)(=O)N/N=C2\CC[C@]3(C)O[C@@H]4CC[C@@H]([C@](C)(O)CC[C@@H]5OC(C)(C)[C@H](Br)CC[C@]5(C)O)O[C@@]4(C)CC[C@H]3OC2(C)C)cc1. The van der Waals surface area contributed by atoms with Crippen molar-refractivity contribution in [3.63, 3.8) is 0 Å². The number of rotatable bonds is 7. The van der Waals surface area contributed by atoms with Gasteiger partial charge in [0.05, 0.1) is 63.0 Å². The molecule has 4 aliphatic rings. The average Bonchev–Trinajstić information content (AvgIpc) is 3.21. The van der Waals surface area contributed by atoms with Crippen LogP contribution in [-0.4, -0.2) is 87.2 Å². The number of halogens is 1. The number of alkyl halides is 1. The molecule has 1 aromatic carbocycles. The lowest BCUT2D eigenvalue weighted by Gasteiger charge is -2.49. The van der Waals surface area contributed by atoms with E-state index in [2.05, 4.69) is 39.7 Å². The van der Waals surface area contributed by atoms with Gasteiger partial charge in [-0.2, -0.15) is 13.5 Å². The lowest BCUT2D eigenvalue weighted by molar-refractivity contribution is -0.261. The van der Waals surface area contributed by atoms with Crippen LogP contribution in [0.5, 0.6) is 0 Å². The van der Waals surface area contributed by atoms with Crippen LogP contribution in [0.2, 0.25) is 0 Å². The molecule has 4 fully saturated rings. The van der Waals surface area contributed by atoms with Crippen LogP contribution >= 0.6 is 15.9 Å². The molecule has 4 saturated heterocycles.